The second-order valence-electron chi connectivity index (χ2n) is 15.7. The van der Waals surface area contributed by atoms with Gasteiger partial charge in [0.25, 0.3) is 0 Å². The quantitative estimate of drug-likeness (QED) is 0.0172. The van der Waals surface area contributed by atoms with Gasteiger partial charge in [0, 0.05) is 38.2 Å². The molecule has 0 saturated carbocycles. The lowest BCUT2D eigenvalue weighted by molar-refractivity contribution is -0.150. The molecule has 1 aliphatic rings. The summed E-state index contributed by atoms with van der Waals surface area (Å²) in [4.78, 5) is 31.5. The number of carbonyl (C=O) groups is 2. The first-order valence-electron chi connectivity index (χ1n) is 21.7. The van der Waals surface area contributed by atoms with E-state index in [0.717, 1.165) is 121 Å². The zero-order valence-electron chi connectivity index (χ0n) is 34.5. The van der Waals surface area contributed by atoms with Gasteiger partial charge in [-0.3, -0.25) is 14.7 Å². The molecule has 0 aromatic carbocycles. The Morgan fingerprint density at radius 1 is 0.769 bits per heavy atom. The molecule has 1 fully saturated rings. The van der Waals surface area contributed by atoms with Crippen molar-refractivity contribution >= 4 is 23.7 Å². The normalized spacial score (nSPS) is 16.8. The largest absolute Gasteiger partial charge is 0.462 e. The van der Waals surface area contributed by atoms with Crippen LogP contribution in [0.1, 0.15) is 201 Å². The highest BCUT2D eigenvalue weighted by molar-refractivity contribution is 6.30. The molecule has 8 nitrogen and oxygen atoms in total. The van der Waals surface area contributed by atoms with Crippen molar-refractivity contribution in [2.75, 3.05) is 26.3 Å². The monoisotopic (exact) mass is 731 g/mol. The first kappa shape index (κ1) is 48.0. The third-order valence-corrected chi connectivity index (χ3v) is 10.4. The van der Waals surface area contributed by atoms with Crippen LogP contribution in [0.25, 0.3) is 0 Å². The molecular weight excluding hydrogens is 649 g/mol. The second-order valence-corrected chi connectivity index (χ2v) is 15.7. The maximum absolute atomic E-state index is 12.7. The van der Waals surface area contributed by atoms with E-state index in [-0.39, 0.29) is 23.9 Å². The van der Waals surface area contributed by atoms with Crippen LogP contribution >= 0.6 is 0 Å². The van der Waals surface area contributed by atoms with E-state index in [1.807, 2.05) is 13.1 Å². The minimum absolute atomic E-state index is 0.00584. The average molecular weight is 731 g/mol. The lowest BCUT2D eigenvalue weighted by Crippen LogP contribution is -2.34. The summed E-state index contributed by atoms with van der Waals surface area (Å²) >= 11 is 0. The summed E-state index contributed by atoms with van der Waals surface area (Å²) in [5.41, 5.74) is 1.93. The fraction of sp³-hybridized carbons (Fsp3) is 0.864. The van der Waals surface area contributed by atoms with Crippen molar-refractivity contribution in [3.8, 4) is 0 Å². The number of hydrogen-bond donors (Lipinski definition) is 1. The highest BCUT2D eigenvalue weighted by atomic mass is 16.5. The summed E-state index contributed by atoms with van der Waals surface area (Å²) in [5, 5.41) is 3.94. The molecule has 0 radical (unpaired) electrons. The topological polar surface area (TPSA) is 107 Å². The van der Waals surface area contributed by atoms with Crippen LogP contribution < -0.4 is 5.84 Å². The lowest BCUT2D eigenvalue weighted by atomic mass is 10.0. The molecule has 0 spiro atoms. The molecule has 0 aliphatic carbocycles. The smallest absolute Gasteiger partial charge is 0.306 e. The molecule has 2 N–H and O–H groups in total. The number of hydrazone groups is 1. The predicted molar refractivity (Wildman–Crippen MR) is 221 cm³/mol. The van der Waals surface area contributed by atoms with Crippen LogP contribution in [0.2, 0.25) is 0 Å². The standard InChI is InChI=1S/C44H82N4O4/c1-6-8-10-12-15-21-27-43(28-22-16-13-11-9-7-2)52-44(50)29-23-17-14-18-25-33-51-37-42-34-41(46-35-40(47-45)31-30-38(3)4)36-48(42)32-24-19-20-26-39(5)49/h35,41-43H,3,6-34,36-37,45H2,1-2,4-5H3/b46-35?,47-40-/t41-,42-/m0/s1. The fourth-order valence-corrected chi connectivity index (χ4v) is 7.11. The van der Waals surface area contributed by atoms with Crippen molar-refractivity contribution in [2.24, 2.45) is 15.9 Å². The molecule has 1 aliphatic heterocycles. The number of ketones is 1. The molecule has 1 heterocycles. The Kier molecular flexibility index (Phi) is 30.9. The number of aliphatic imine (C=N–C) groups is 1. The maximum Gasteiger partial charge on any atom is 0.306 e. The summed E-state index contributed by atoms with van der Waals surface area (Å²) in [6.45, 7) is 15.6. The lowest BCUT2D eigenvalue weighted by Gasteiger charge is -2.24. The molecule has 52 heavy (non-hydrogen) atoms. The number of allylic oxidation sites excluding steroid dienone is 1. The Bertz CT molecular complexity index is 952. The third-order valence-electron chi connectivity index (χ3n) is 10.4. The number of carbonyl (C=O) groups excluding carboxylic acids is 2. The van der Waals surface area contributed by atoms with Gasteiger partial charge in [0.1, 0.15) is 11.9 Å². The average Bonchev–Trinajstić information content (AvgIpc) is 3.51. The van der Waals surface area contributed by atoms with Crippen LogP contribution in [0.5, 0.6) is 0 Å². The summed E-state index contributed by atoms with van der Waals surface area (Å²) in [6, 6.07) is 0.557. The number of ether oxygens (including phenoxy) is 2. The molecule has 8 heteroatoms. The minimum atomic E-state index is 0.00584. The van der Waals surface area contributed by atoms with E-state index >= 15 is 0 Å². The van der Waals surface area contributed by atoms with Gasteiger partial charge in [-0.05, 0) is 91.0 Å². The first-order valence-corrected chi connectivity index (χ1v) is 21.7. The fourth-order valence-electron chi connectivity index (χ4n) is 7.11. The van der Waals surface area contributed by atoms with Crippen LogP contribution in [-0.2, 0) is 19.1 Å². The van der Waals surface area contributed by atoms with Gasteiger partial charge in [-0.15, -0.1) is 6.58 Å². The number of esters is 1. The van der Waals surface area contributed by atoms with E-state index < -0.39 is 0 Å². The van der Waals surface area contributed by atoms with Crippen LogP contribution in [0.15, 0.2) is 22.2 Å². The van der Waals surface area contributed by atoms with Crippen molar-refractivity contribution in [1.29, 1.82) is 0 Å². The van der Waals surface area contributed by atoms with E-state index in [2.05, 4.69) is 30.4 Å². The summed E-state index contributed by atoms with van der Waals surface area (Å²) in [5.74, 6) is 5.91. The third kappa shape index (κ3) is 27.5. The molecule has 1 rings (SSSR count). The van der Waals surface area contributed by atoms with Gasteiger partial charge in [0.15, 0.2) is 0 Å². The summed E-state index contributed by atoms with van der Waals surface area (Å²) < 4.78 is 12.2. The Morgan fingerprint density at radius 3 is 1.96 bits per heavy atom. The zero-order valence-corrected chi connectivity index (χ0v) is 34.5. The predicted octanol–water partition coefficient (Wildman–Crippen LogP) is 11.1. The second kappa shape index (κ2) is 33.5. The van der Waals surface area contributed by atoms with Crippen molar-refractivity contribution in [2.45, 2.75) is 219 Å². The number of likely N-dealkylation sites (tertiary alicyclic amines) is 1. The summed E-state index contributed by atoms with van der Waals surface area (Å²) in [7, 11) is 0. The highest BCUT2D eigenvalue weighted by Crippen LogP contribution is 2.23. The molecule has 2 atom stereocenters. The van der Waals surface area contributed by atoms with Gasteiger partial charge < -0.3 is 20.1 Å². The van der Waals surface area contributed by atoms with E-state index in [1.54, 1.807) is 6.92 Å². The SMILES string of the molecule is C=C(C)CC/C(C=N[C@H]1C[C@@H](COCCCCCCCC(=O)OC(CCCCCCCC)CCCCCCCC)N(CCCCCC(C)=O)C1)=N/N. The zero-order chi connectivity index (χ0) is 38.1. The molecule has 0 bridgehead atoms. The Hall–Kier alpha value is -2.06. The molecule has 0 unspecified atom stereocenters. The van der Waals surface area contributed by atoms with Crippen molar-refractivity contribution < 1.29 is 19.1 Å². The summed E-state index contributed by atoms with van der Waals surface area (Å²) in [6.07, 6.45) is 31.6. The number of nitrogens with zero attached hydrogens (tertiary/aromatic N) is 3. The van der Waals surface area contributed by atoms with Gasteiger partial charge in [0.05, 0.1) is 18.4 Å². The number of unbranched alkanes of at least 4 members (excludes halogenated alkanes) is 16. The van der Waals surface area contributed by atoms with E-state index in [1.165, 1.54) is 77.0 Å². The number of rotatable bonds is 36. The Balaban J connectivity index is 2.36. The van der Waals surface area contributed by atoms with Gasteiger partial charge >= 0.3 is 5.97 Å². The molecule has 0 amide bonds. The van der Waals surface area contributed by atoms with Crippen molar-refractivity contribution in [3.63, 3.8) is 0 Å². The molecule has 0 aromatic rings. The Labute approximate surface area is 320 Å². The van der Waals surface area contributed by atoms with Crippen molar-refractivity contribution in [1.82, 2.24) is 4.90 Å². The van der Waals surface area contributed by atoms with Gasteiger partial charge in [-0.25, -0.2) is 0 Å². The van der Waals surface area contributed by atoms with Crippen LogP contribution in [0.4, 0.5) is 0 Å². The molecule has 1 saturated heterocycles. The molecular formula is C44H82N4O4. The first-order chi connectivity index (χ1) is 25.3. The van der Waals surface area contributed by atoms with Gasteiger partial charge in [-0.1, -0.05) is 109 Å². The Morgan fingerprint density at radius 2 is 1.35 bits per heavy atom. The van der Waals surface area contributed by atoms with E-state index in [4.69, 9.17) is 20.3 Å². The molecule has 302 valence electrons. The van der Waals surface area contributed by atoms with E-state index in [0.29, 0.717) is 18.9 Å². The minimum Gasteiger partial charge on any atom is -0.462 e. The highest BCUT2D eigenvalue weighted by Gasteiger charge is 2.31. The van der Waals surface area contributed by atoms with E-state index in [9.17, 15) is 9.59 Å². The van der Waals surface area contributed by atoms with Crippen LogP contribution in [0, 0.1) is 0 Å². The van der Waals surface area contributed by atoms with Crippen LogP contribution in [0.3, 0.4) is 0 Å². The number of hydrogen-bond acceptors (Lipinski definition) is 8. The van der Waals surface area contributed by atoms with Crippen LogP contribution in [-0.4, -0.2) is 73.1 Å². The maximum atomic E-state index is 12.7. The van der Waals surface area contributed by atoms with Gasteiger partial charge in [0.2, 0.25) is 0 Å². The van der Waals surface area contributed by atoms with Crippen molar-refractivity contribution in [3.05, 3.63) is 12.2 Å². The number of Topliss-reactive ketones (excluding diaryl/α,β-unsaturated/α-hetero) is 1. The molecule has 0 aromatic heterocycles. The number of nitrogens with two attached hydrogens (primary N) is 1. The van der Waals surface area contributed by atoms with Gasteiger partial charge in [-0.2, -0.15) is 5.10 Å².